The summed E-state index contributed by atoms with van der Waals surface area (Å²) in [4.78, 5) is 35.3. The number of nitrogens with zero attached hydrogens (tertiary/aromatic N) is 2. The second kappa shape index (κ2) is 9.21. The molecular formula is C29H23BrN2O5. The first-order chi connectivity index (χ1) is 18.0. The summed E-state index contributed by atoms with van der Waals surface area (Å²) < 4.78 is 6.08. The molecule has 2 aliphatic heterocycles. The molecule has 0 aromatic heterocycles. The smallest absolute Gasteiger partial charge is 0.266 e. The van der Waals surface area contributed by atoms with Gasteiger partial charge >= 0.3 is 0 Å². The van der Waals surface area contributed by atoms with Gasteiger partial charge in [0.25, 0.3) is 5.91 Å². The predicted molar refractivity (Wildman–Crippen MR) is 143 cm³/mol. The van der Waals surface area contributed by atoms with Gasteiger partial charge < -0.3 is 9.84 Å². The Labute approximate surface area is 221 Å². The molecule has 2 aliphatic rings. The molecule has 0 saturated carbocycles. The van der Waals surface area contributed by atoms with E-state index in [1.165, 1.54) is 4.90 Å². The van der Waals surface area contributed by atoms with E-state index >= 15 is 0 Å². The van der Waals surface area contributed by atoms with Crippen LogP contribution < -0.4 is 14.7 Å². The van der Waals surface area contributed by atoms with Crippen LogP contribution in [0.25, 0.3) is 10.8 Å². The van der Waals surface area contributed by atoms with Crippen molar-refractivity contribution in [3.8, 4) is 11.5 Å². The highest BCUT2D eigenvalue weighted by Gasteiger charge is 2.60. The van der Waals surface area contributed by atoms with Crippen molar-refractivity contribution in [2.75, 3.05) is 16.6 Å². The number of benzene rings is 4. The normalized spacial score (nSPS) is 21.1. The average Bonchev–Trinajstić information content (AvgIpc) is 3.42. The van der Waals surface area contributed by atoms with E-state index in [2.05, 4.69) is 15.9 Å². The number of amides is 2. The molecule has 2 heterocycles. The molecule has 186 valence electrons. The number of hydrogen-bond donors (Lipinski definition) is 1. The molecule has 3 atom stereocenters. The van der Waals surface area contributed by atoms with Crippen LogP contribution >= 0.6 is 15.9 Å². The molecule has 2 fully saturated rings. The lowest BCUT2D eigenvalue weighted by Gasteiger charge is -2.29. The molecule has 0 aliphatic carbocycles. The number of hydrogen-bond acceptors (Lipinski definition) is 6. The summed E-state index contributed by atoms with van der Waals surface area (Å²) in [7, 11) is 0. The van der Waals surface area contributed by atoms with Crippen molar-refractivity contribution in [2.24, 2.45) is 5.92 Å². The van der Waals surface area contributed by atoms with Gasteiger partial charge in [-0.2, -0.15) is 0 Å². The van der Waals surface area contributed by atoms with Gasteiger partial charge in [0.15, 0.2) is 17.6 Å². The number of anilines is 2. The number of fused-ring (bicyclic) bond motifs is 2. The zero-order chi connectivity index (χ0) is 25.7. The Morgan fingerprint density at radius 1 is 0.946 bits per heavy atom. The van der Waals surface area contributed by atoms with E-state index in [-0.39, 0.29) is 17.4 Å². The summed E-state index contributed by atoms with van der Waals surface area (Å²) in [5, 5.41) is 13.9. The highest BCUT2D eigenvalue weighted by Crippen LogP contribution is 2.50. The number of halogens is 1. The molecular weight excluding hydrogens is 536 g/mol. The molecule has 0 radical (unpaired) electrons. The minimum Gasteiger partial charge on any atom is -0.503 e. The third kappa shape index (κ3) is 3.75. The van der Waals surface area contributed by atoms with Gasteiger partial charge in [-0.15, -0.1) is 0 Å². The van der Waals surface area contributed by atoms with Crippen molar-refractivity contribution in [1.29, 1.82) is 0 Å². The molecule has 6 rings (SSSR count). The minimum atomic E-state index is -1.00. The molecule has 4 aromatic rings. The van der Waals surface area contributed by atoms with Gasteiger partial charge in [0.2, 0.25) is 5.91 Å². The van der Waals surface area contributed by atoms with Crippen LogP contribution in [-0.4, -0.2) is 29.6 Å². The molecule has 0 bridgehead atoms. The van der Waals surface area contributed by atoms with Crippen molar-refractivity contribution in [2.45, 2.75) is 19.1 Å². The van der Waals surface area contributed by atoms with Crippen molar-refractivity contribution < 1.29 is 24.3 Å². The van der Waals surface area contributed by atoms with E-state index in [4.69, 9.17) is 9.57 Å². The van der Waals surface area contributed by atoms with Crippen LogP contribution in [-0.2, 0) is 14.4 Å². The van der Waals surface area contributed by atoms with Crippen molar-refractivity contribution in [1.82, 2.24) is 0 Å². The molecule has 4 aromatic carbocycles. The molecule has 7 nitrogen and oxygen atoms in total. The quantitative estimate of drug-likeness (QED) is 0.314. The van der Waals surface area contributed by atoms with Gasteiger partial charge in [-0.1, -0.05) is 54.6 Å². The first-order valence-corrected chi connectivity index (χ1v) is 12.8. The fourth-order valence-corrected chi connectivity index (χ4v) is 5.68. The minimum absolute atomic E-state index is 0.0291. The largest absolute Gasteiger partial charge is 0.503 e. The summed E-state index contributed by atoms with van der Waals surface area (Å²) in [5.74, 6) is -1.29. The standard InChI is InChI=1S/C29H23BrN2O5/c1-2-36-23-16-18(15-21(30)26(23)33)25-24-27(37-32(25)19-11-4-3-5-12-19)29(35)31(28(24)34)22-14-8-10-17-9-6-7-13-20(17)22/h3-16,24-25,27,33H,2H2,1H3/t24-,25+,27-/m0/s1. The Kier molecular flexibility index (Phi) is 5.85. The van der Waals surface area contributed by atoms with Crippen LogP contribution in [0.2, 0.25) is 0 Å². The Balaban J connectivity index is 1.49. The van der Waals surface area contributed by atoms with E-state index in [0.29, 0.717) is 28.0 Å². The first kappa shape index (κ1) is 23.5. The molecule has 1 N–H and O–H groups in total. The van der Waals surface area contributed by atoms with Crippen LogP contribution in [0.5, 0.6) is 11.5 Å². The van der Waals surface area contributed by atoms with E-state index in [9.17, 15) is 14.7 Å². The SMILES string of the molecule is CCOc1cc([C@@H]2[C@@H]3C(=O)N(c4cccc5ccccc45)C(=O)[C@H]3ON2c2ccccc2)cc(Br)c1O. The number of ether oxygens (including phenoxy) is 1. The molecule has 8 heteroatoms. The Morgan fingerprint density at radius 2 is 1.68 bits per heavy atom. The topological polar surface area (TPSA) is 79.3 Å². The number of rotatable bonds is 5. The van der Waals surface area contributed by atoms with Crippen LogP contribution in [0.1, 0.15) is 18.5 Å². The lowest BCUT2D eigenvalue weighted by molar-refractivity contribution is -0.126. The summed E-state index contributed by atoms with van der Waals surface area (Å²) in [5.41, 5.74) is 1.92. The van der Waals surface area contributed by atoms with Gasteiger partial charge in [-0.3, -0.25) is 14.4 Å². The number of hydroxylamine groups is 1. The maximum absolute atomic E-state index is 14.1. The monoisotopic (exact) mass is 558 g/mol. The maximum atomic E-state index is 14.1. The van der Waals surface area contributed by atoms with Gasteiger partial charge in [0.05, 0.1) is 28.5 Å². The van der Waals surface area contributed by atoms with Crippen molar-refractivity contribution in [3.63, 3.8) is 0 Å². The molecule has 0 spiro atoms. The van der Waals surface area contributed by atoms with Crippen LogP contribution in [0, 0.1) is 5.92 Å². The molecule has 2 saturated heterocycles. The van der Waals surface area contributed by atoms with Gasteiger partial charge in [0.1, 0.15) is 5.92 Å². The van der Waals surface area contributed by atoms with Crippen molar-refractivity contribution >= 4 is 49.9 Å². The molecule has 37 heavy (non-hydrogen) atoms. The lowest BCUT2D eigenvalue weighted by atomic mass is 9.90. The Morgan fingerprint density at radius 3 is 2.46 bits per heavy atom. The Hall–Kier alpha value is -3.88. The molecule has 2 amide bonds. The number of aromatic hydroxyl groups is 1. The Bertz CT molecular complexity index is 1520. The summed E-state index contributed by atoms with van der Waals surface area (Å²) in [6.45, 7) is 2.18. The predicted octanol–water partition coefficient (Wildman–Crippen LogP) is 5.76. The highest BCUT2D eigenvalue weighted by molar-refractivity contribution is 9.10. The van der Waals surface area contributed by atoms with Crippen LogP contribution in [0.4, 0.5) is 11.4 Å². The second-order valence-electron chi connectivity index (χ2n) is 8.95. The van der Waals surface area contributed by atoms with E-state index in [0.717, 1.165) is 10.8 Å². The zero-order valence-electron chi connectivity index (χ0n) is 19.9. The number of carbonyl (C=O) groups is 2. The molecule has 0 unspecified atom stereocenters. The lowest BCUT2D eigenvalue weighted by Crippen LogP contribution is -2.37. The van der Waals surface area contributed by atoms with Gasteiger partial charge in [0, 0.05) is 5.39 Å². The summed E-state index contributed by atoms with van der Waals surface area (Å²) >= 11 is 3.41. The second-order valence-corrected chi connectivity index (χ2v) is 9.80. The zero-order valence-corrected chi connectivity index (χ0v) is 21.5. The van der Waals surface area contributed by atoms with Crippen LogP contribution in [0.3, 0.4) is 0 Å². The van der Waals surface area contributed by atoms with E-state index in [1.54, 1.807) is 23.3 Å². The third-order valence-electron chi connectivity index (χ3n) is 6.83. The summed E-state index contributed by atoms with van der Waals surface area (Å²) in [6, 6.07) is 25.4. The summed E-state index contributed by atoms with van der Waals surface area (Å²) in [6.07, 6.45) is -1.00. The fraction of sp³-hybridized carbons (Fsp3) is 0.172. The number of carbonyl (C=O) groups excluding carboxylic acids is 2. The first-order valence-electron chi connectivity index (χ1n) is 12.0. The number of para-hydroxylation sites is 1. The number of phenolic OH excluding ortho intramolecular Hbond substituents is 1. The van der Waals surface area contributed by atoms with E-state index in [1.807, 2.05) is 73.7 Å². The number of phenols is 1. The maximum Gasteiger partial charge on any atom is 0.266 e. The van der Waals surface area contributed by atoms with Crippen molar-refractivity contribution in [3.05, 3.63) is 95.0 Å². The third-order valence-corrected chi connectivity index (χ3v) is 7.43. The van der Waals surface area contributed by atoms with E-state index < -0.39 is 24.0 Å². The highest BCUT2D eigenvalue weighted by atomic mass is 79.9. The fourth-order valence-electron chi connectivity index (χ4n) is 5.22. The van der Waals surface area contributed by atoms with Gasteiger partial charge in [-0.25, -0.2) is 9.96 Å². The average molecular weight is 559 g/mol. The van der Waals surface area contributed by atoms with Crippen LogP contribution in [0.15, 0.2) is 89.4 Å². The van der Waals surface area contributed by atoms with Gasteiger partial charge in [-0.05, 0) is 64.1 Å². The number of imide groups is 1.